The smallest absolute Gasteiger partial charge is 0.289 e. The zero-order chi connectivity index (χ0) is 19.3. The summed E-state index contributed by atoms with van der Waals surface area (Å²) in [6, 6.07) is 11.7. The fourth-order valence-electron chi connectivity index (χ4n) is 2.43. The fraction of sp³-hybridized carbons (Fsp3) is 0.316. The molecule has 2 atom stereocenters. The number of nitrogens with zero attached hydrogens (tertiary/aromatic N) is 1. The maximum atomic E-state index is 12.4. The SMILES string of the molecule is CC[C@H](C)c1ccccc1O[C@@H](C)C(=O)Nc1ccc(Cl)c([N+](=O)[O-])c1. The molecule has 2 aromatic rings. The molecule has 0 aliphatic carbocycles. The van der Waals surface area contributed by atoms with Crippen molar-refractivity contribution in [2.24, 2.45) is 0 Å². The molecular weight excluding hydrogens is 356 g/mol. The molecule has 0 heterocycles. The van der Waals surface area contributed by atoms with E-state index in [0.29, 0.717) is 11.7 Å². The number of nitrogens with one attached hydrogen (secondary N) is 1. The summed E-state index contributed by atoms with van der Waals surface area (Å²) < 4.78 is 5.83. The first-order chi connectivity index (χ1) is 12.3. The van der Waals surface area contributed by atoms with Crippen LogP contribution in [0.15, 0.2) is 42.5 Å². The Kier molecular flexibility index (Phi) is 6.58. The van der Waals surface area contributed by atoms with Crippen molar-refractivity contribution in [3.8, 4) is 5.75 Å². The summed E-state index contributed by atoms with van der Waals surface area (Å²) in [5.74, 6) is 0.563. The number of anilines is 1. The van der Waals surface area contributed by atoms with Crippen LogP contribution in [0.3, 0.4) is 0 Å². The maximum absolute atomic E-state index is 12.4. The topological polar surface area (TPSA) is 81.5 Å². The van der Waals surface area contributed by atoms with E-state index in [1.54, 1.807) is 6.92 Å². The van der Waals surface area contributed by atoms with Gasteiger partial charge in [-0.1, -0.05) is 43.6 Å². The molecule has 0 aliphatic heterocycles. The molecule has 1 amide bonds. The van der Waals surface area contributed by atoms with E-state index in [-0.39, 0.29) is 16.4 Å². The predicted octanol–water partition coefficient (Wildman–Crippen LogP) is 5.17. The van der Waals surface area contributed by atoms with Gasteiger partial charge in [-0.15, -0.1) is 0 Å². The highest BCUT2D eigenvalue weighted by molar-refractivity contribution is 6.32. The van der Waals surface area contributed by atoms with Gasteiger partial charge in [0.1, 0.15) is 10.8 Å². The Labute approximate surface area is 157 Å². The van der Waals surface area contributed by atoms with Crippen LogP contribution < -0.4 is 10.1 Å². The highest BCUT2D eigenvalue weighted by Gasteiger charge is 2.20. The molecule has 0 aliphatic rings. The van der Waals surface area contributed by atoms with Crippen molar-refractivity contribution in [2.45, 2.75) is 39.2 Å². The van der Waals surface area contributed by atoms with E-state index in [0.717, 1.165) is 12.0 Å². The highest BCUT2D eigenvalue weighted by atomic mass is 35.5. The molecular formula is C19H21ClN2O4. The van der Waals surface area contributed by atoms with Gasteiger partial charge in [0, 0.05) is 11.8 Å². The molecule has 0 bridgehead atoms. The second-order valence-corrected chi connectivity index (χ2v) is 6.43. The zero-order valence-electron chi connectivity index (χ0n) is 14.9. The number of hydrogen-bond donors (Lipinski definition) is 1. The lowest BCUT2D eigenvalue weighted by molar-refractivity contribution is -0.384. The number of halogens is 1. The average Bonchev–Trinajstić information content (AvgIpc) is 2.62. The van der Waals surface area contributed by atoms with Gasteiger partial charge in [0.25, 0.3) is 11.6 Å². The lowest BCUT2D eigenvalue weighted by Crippen LogP contribution is -2.30. The van der Waals surface area contributed by atoms with Crippen LogP contribution in [0, 0.1) is 10.1 Å². The lowest BCUT2D eigenvalue weighted by atomic mass is 9.98. The molecule has 6 nitrogen and oxygen atoms in total. The van der Waals surface area contributed by atoms with Gasteiger partial charge < -0.3 is 10.1 Å². The monoisotopic (exact) mass is 376 g/mol. The van der Waals surface area contributed by atoms with Crippen LogP contribution in [0.2, 0.25) is 5.02 Å². The number of ether oxygens (including phenoxy) is 1. The number of benzene rings is 2. The minimum absolute atomic E-state index is 0.0137. The molecule has 0 aromatic heterocycles. The van der Waals surface area contributed by atoms with Crippen molar-refractivity contribution in [3.63, 3.8) is 0 Å². The predicted molar refractivity (Wildman–Crippen MR) is 102 cm³/mol. The van der Waals surface area contributed by atoms with E-state index in [2.05, 4.69) is 19.2 Å². The summed E-state index contributed by atoms with van der Waals surface area (Å²) in [7, 11) is 0. The molecule has 2 rings (SSSR count). The van der Waals surface area contributed by atoms with E-state index < -0.39 is 16.9 Å². The first-order valence-corrected chi connectivity index (χ1v) is 8.71. The van der Waals surface area contributed by atoms with Gasteiger partial charge in [-0.2, -0.15) is 0 Å². The molecule has 2 aromatic carbocycles. The van der Waals surface area contributed by atoms with E-state index in [4.69, 9.17) is 16.3 Å². The number of carbonyl (C=O) groups excluding carboxylic acids is 1. The second kappa shape index (κ2) is 8.67. The van der Waals surface area contributed by atoms with Gasteiger partial charge in [-0.25, -0.2) is 0 Å². The van der Waals surface area contributed by atoms with Crippen LogP contribution in [0.4, 0.5) is 11.4 Å². The van der Waals surface area contributed by atoms with Crippen LogP contribution in [-0.4, -0.2) is 16.9 Å². The van der Waals surface area contributed by atoms with E-state index in [9.17, 15) is 14.9 Å². The van der Waals surface area contributed by atoms with Crippen LogP contribution in [0.1, 0.15) is 38.7 Å². The van der Waals surface area contributed by atoms with Crippen LogP contribution in [0.25, 0.3) is 0 Å². The van der Waals surface area contributed by atoms with Crippen molar-refractivity contribution in [1.82, 2.24) is 0 Å². The zero-order valence-corrected chi connectivity index (χ0v) is 15.6. The highest BCUT2D eigenvalue weighted by Crippen LogP contribution is 2.30. The molecule has 0 saturated carbocycles. The molecule has 1 N–H and O–H groups in total. The number of amides is 1. The van der Waals surface area contributed by atoms with Crippen molar-refractivity contribution >= 4 is 28.9 Å². The summed E-state index contributed by atoms with van der Waals surface area (Å²) in [5.41, 5.74) is 1.06. The van der Waals surface area contributed by atoms with Crippen molar-refractivity contribution in [3.05, 3.63) is 63.2 Å². The number of hydrogen-bond acceptors (Lipinski definition) is 4. The molecule has 0 spiro atoms. The van der Waals surface area contributed by atoms with Crippen molar-refractivity contribution in [1.29, 1.82) is 0 Å². The standard InChI is InChI=1S/C19H21ClN2O4/c1-4-12(2)15-7-5-6-8-18(15)26-13(3)19(23)21-14-9-10-16(20)17(11-14)22(24)25/h5-13H,4H2,1-3H3,(H,21,23)/t12-,13-/m0/s1. The molecule has 26 heavy (non-hydrogen) atoms. The minimum Gasteiger partial charge on any atom is -0.481 e. The summed E-state index contributed by atoms with van der Waals surface area (Å²) >= 11 is 5.78. The lowest BCUT2D eigenvalue weighted by Gasteiger charge is -2.19. The summed E-state index contributed by atoms with van der Waals surface area (Å²) in [5, 5.41) is 13.6. The average molecular weight is 377 g/mol. The Balaban J connectivity index is 2.12. The third-order valence-corrected chi connectivity index (χ3v) is 4.47. The third kappa shape index (κ3) is 4.73. The van der Waals surface area contributed by atoms with Crippen LogP contribution in [0.5, 0.6) is 5.75 Å². The Bertz CT molecular complexity index is 810. The van der Waals surface area contributed by atoms with Crippen molar-refractivity contribution in [2.75, 3.05) is 5.32 Å². The number of carbonyl (C=O) groups is 1. The molecule has 0 radical (unpaired) electrons. The Morgan fingerprint density at radius 1 is 1.27 bits per heavy atom. The van der Waals surface area contributed by atoms with Gasteiger partial charge in [0.2, 0.25) is 0 Å². The van der Waals surface area contributed by atoms with Crippen LogP contribution in [-0.2, 0) is 4.79 Å². The first-order valence-electron chi connectivity index (χ1n) is 8.33. The molecule has 0 unspecified atom stereocenters. The summed E-state index contributed by atoms with van der Waals surface area (Å²) in [4.78, 5) is 22.7. The number of nitro benzene ring substituents is 1. The van der Waals surface area contributed by atoms with Gasteiger partial charge in [-0.3, -0.25) is 14.9 Å². The third-order valence-electron chi connectivity index (χ3n) is 4.15. The first kappa shape index (κ1) is 19.7. The van der Waals surface area contributed by atoms with Gasteiger partial charge in [0.15, 0.2) is 6.10 Å². The fourth-order valence-corrected chi connectivity index (χ4v) is 2.62. The van der Waals surface area contributed by atoms with Gasteiger partial charge in [-0.05, 0) is 43.0 Å². The van der Waals surface area contributed by atoms with Gasteiger partial charge >= 0.3 is 0 Å². The normalized spacial score (nSPS) is 12.9. The van der Waals surface area contributed by atoms with Gasteiger partial charge in [0.05, 0.1) is 4.92 Å². The number of nitro groups is 1. The second-order valence-electron chi connectivity index (χ2n) is 6.02. The van der Waals surface area contributed by atoms with Crippen molar-refractivity contribution < 1.29 is 14.5 Å². The molecule has 0 fully saturated rings. The molecule has 138 valence electrons. The Morgan fingerprint density at radius 3 is 2.62 bits per heavy atom. The largest absolute Gasteiger partial charge is 0.481 e. The maximum Gasteiger partial charge on any atom is 0.289 e. The van der Waals surface area contributed by atoms with E-state index in [1.165, 1.54) is 18.2 Å². The molecule has 7 heteroatoms. The summed E-state index contributed by atoms with van der Waals surface area (Å²) in [6.45, 7) is 5.82. The Hall–Kier alpha value is -2.60. The van der Waals surface area contributed by atoms with E-state index in [1.807, 2.05) is 24.3 Å². The minimum atomic E-state index is -0.769. The quantitative estimate of drug-likeness (QED) is 0.534. The van der Waals surface area contributed by atoms with E-state index >= 15 is 0 Å². The Morgan fingerprint density at radius 2 is 1.96 bits per heavy atom. The number of para-hydroxylation sites is 1. The summed E-state index contributed by atoms with van der Waals surface area (Å²) in [6.07, 6.45) is 0.185. The molecule has 0 saturated heterocycles. The number of rotatable bonds is 7. The van der Waals surface area contributed by atoms with Crippen LogP contribution >= 0.6 is 11.6 Å².